The fourth-order valence-corrected chi connectivity index (χ4v) is 2.40. The number of hydrogen-bond acceptors (Lipinski definition) is 9. The van der Waals surface area contributed by atoms with Crippen molar-refractivity contribution in [1.82, 2.24) is 10.3 Å². The minimum absolute atomic E-state index is 0.00761. The number of halogens is 1. The molecule has 1 aromatic rings. The lowest BCUT2D eigenvalue weighted by atomic mass is 10.2. The van der Waals surface area contributed by atoms with Gasteiger partial charge in [-0.15, -0.1) is 0 Å². The number of nitrogens with one attached hydrogen (secondary N) is 1. The molecule has 0 atom stereocenters. The Morgan fingerprint density at radius 3 is 2.50 bits per heavy atom. The molecule has 0 bridgehead atoms. The minimum Gasteiger partial charge on any atom is -0.488 e. The average Bonchev–Trinajstić information content (AvgIpc) is 2.65. The zero-order valence-electron chi connectivity index (χ0n) is 18.0. The molecule has 0 fully saturated rings. The molecule has 1 rings (SSSR count). The van der Waals surface area contributed by atoms with E-state index in [0.717, 1.165) is 6.07 Å². The van der Waals surface area contributed by atoms with Crippen LogP contribution in [0.15, 0.2) is 36.2 Å². The van der Waals surface area contributed by atoms with E-state index in [1.165, 1.54) is 17.3 Å². The number of rotatable bonds is 10. The molecule has 0 aliphatic carbocycles. The van der Waals surface area contributed by atoms with Crippen LogP contribution in [0.3, 0.4) is 0 Å². The second kappa shape index (κ2) is 11.8. The fraction of sp³-hybridized carbons (Fsp3) is 0.368. The molecule has 13 heteroatoms. The standard InChI is InChI=1S/C19H27ClN6O6/c1-19(2,3)32-18(28)24-10-13(21)11-25(23)6-4-5-7-31-15-9-12(17(22)27)8-14(16(15)20)26(29)30/h4-5,8-9,11H,6-7,10,21,23H2,1-3H3,(H2,22,27)(H,24,28)/b5-4+,13-11-. The average molecular weight is 471 g/mol. The van der Waals surface area contributed by atoms with Crippen molar-refractivity contribution in [1.29, 1.82) is 0 Å². The van der Waals surface area contributed by atoms with Crippen molar-refractivity contribution < 1.29 is 24.0 Å². The van der Waals surface area contributed by atoms with Gasteiger partial charge < -0.3 is 31.3 Å². The third-order valence-corrected chi connectivity index (χ3v) is 3.87. The molecular weight excluding hydrogens is 444 g/mol. The SMILES string of the molecule is CC(C)(C)OC(=O)NC/C(N)=C/N(N)C/C=C/COc1cc(C(N)=O)cc([N+](=O)[O-])c1Cl. The summed E-state index contributed by atoms with van der Waals surface area (Å²) < 4.78 is 10.5. The highest BCUT2D eigenvalue weighted by atomic mass is 35.5. The summed E-state index contributed by atoms with van der Waals surface area (Å²) >= 11 is 5.96. The van der Waals surface area contributed by atoms with Crippen LogP contribution in [-0.4, -0.2) is 47.2 Å². The number of nitro benzene ring substituents is 1. The summed E-state index contributed by atoms with van der Waals surface area (Å²) in [5.41, 5.74) is 10.1. The number of nitrogens with zero attached hydrogens (tertiary/aromatic N) is 2. The molecule has 12 nitrogen and oxygen atoms in total. The first-order valence-electron chi connectivity index (χ1n) is 9.30. The van der Waals surface area contributed by atoms with Gasteiger partial charge in [0.15, 0.2) is 5.02 Å². The number of nitrogens with two attached hydrogens (primary N) is 3. The molecule has 0 saturated carbocycles. The molecular formula is C19H27ClN6O6. The second-order valence-electron chi connectivity index (χ2n) is 7.47. The number of hydrazine groups is 1. The van der Waals surface area contributed by atoms with Crippen LogP contribution in [0.4, 0.5) is 10.5 Å². The van der Waals surface area contributed by atoms with E-state index >= 15 is 0 Å². The zero-order chi connectivity index (χ0) is 24.5. The molecule has 0 saturated heterocycles. The molecule has 0 aromatic heterocycles. The molecule has 0 aliphatic heterocycles. The van der Waals surface area contributed by atoms with E-state index in [9.17, 15) is 19.7 Å². The van der Waals surface area contributed by atoms with Crippen LogP contribution in [0.25, 0.3) is 0 Å². The predicted molar refractivity (Wildman–Crippen MR) is 119 cm³/mol. The summed E-state index contributed by atoms with van der Waals surface area (Å²) in [6.45, 7) is 5.51. The van der Waals surface area contributed by atoms with Gasteiger partial charge >= 0.3 is 6.09 Å². The van der Waals surface area contributed by atoms with Gasteiger partial charge in [-0.3, -0.25) is 14.9 Å². The number of carbonyl (C=O) groups is 2. The summed E-state index contributed by atoms with van der Waals surface area (Å²) in [6, 6.07) is 2.20. The summed E-state index contributed by atoms with van der Waals surface area (Å²) in [4.78, 5) is 33.3. The highest BCUT2D eigenvalue weighted by Gasteiger charge is 2.21. The van der Waals surface area contributed by atoms with Gasteiger partial charge in [0.2, 0.25) is 5.91 Å². The smallest absolute Gasteiger partial charge is 0.407 e. The third kappa shape index (κ3) is 9.53. The molecule has 0 unspecified atom stereocenters. The van der Waals surface area contributed by atoms with E-state index in [4.69, 9.17) is 38.4 Å². The van der Waals surface area contributed by atoms with E-state index in [1.807, 2.05) is 0 Å². The van der Waals surface area contributed by atoms with E-state index in [2.05, 4.69) is 5.32 Å². The largest absolute Gasteiger partial charge is 0.488 e. The Hall–Kier alpha value is -3.51. The van der Waals surface area contributed by atoms with E-state index in [1.54, 1.807) is 32.9 Å². The quantitative estimate of drug-likeness (QED) is 0.171. The second-order valence-corrected chi connectivity index (χ2v) is 7.85. The zero-order valence-corrected chi connectivity index (χ0v) is 18.7. The summed E-state index contributed by atoms with van der Waals surface area (Å²) in [7, 11) is 0. The normalized spacial score (nSPS) is 11.8. The molecule has 7 N–H and O–H groups in total. The fourth-order valence-electron chi connectivity index (χ4n) is 2.17. The molecule has 0 heterocycles. The van der Waals surface area contributed by atoms with Crippen molar-refractivity contribution in [2.24, 2.45) is 17.3 Å². The summed E-state index contributed by atoms with van der Waals surface area (Å²) in [5, 5.41) is 14.6. The predicted octanol–water partition coefficient (Wildman–Crippen LogP) is 1.78. The first-order valence-corrected chi connectivity index (χ1v) is 9.68. The van der Waals surface area contributed by atoms with Crippen molar-refractivity contribution >= 4 is 29.3 Å². The van der Waals surface area contributed by atoms with Crippen molar-refractivity contribution in [3.63, 3.8) is 0 Å². The number of nitro groups is 1. The maximum Gasteiger partial charge on any atom is 0.407 e. The number of hydrogen-bond donors (Lipinski definition) is 4. The number of amides is 2. The van der Waals surface area contributed by atoms with Crippen LogP contribution in [-0.2, 0) is 4.74 Å². The lowest BCUT2D eigenvalue weighted by Crippen LogP contribution is -2.35. The van der Waals surface area contributed by atoms with Gasteiger partial charge in [0, 0.05) is 23.5 Å². The van der Waals surface area contributed by atoms with Crippen molar-refractivity contribution in [2.75, 3.05) is 19.7 Å². The minimum atomic E-state index is -0.852. The monoisotopic (exact) mass is 470 g/mol. The topological polar surface area (TPSA) is 189 Å². The third-order valence-electron chi connectivity index (χ3n) is 3.49. The molecule has 0 aliphatic rings. The van der Waals surface area contributed by atoms with Crippen molar-refractivity contribution in [3.05, 3.63) is 56.9 Å². The Morgan fingerprint density at radius 2 is 1.94 bits per heavy atom. The van der Waals surface area contributed by atoms with E-state index in [-0.39, 0.29) is 36.0 Å². The van der Waals surface area contributed by atoms with Gasteiger partial charge in [-0.25, -0.2) is 10.6 Å². The highest BCUT2D eigenvalue weighted by Crippen LogP contribution is 2.35. The van der Waals surface area contributed by atoms with Crippen LogP contribution >= 0.6 is 11.6 Å². The number of alkyl carbamates (subject to hydrolysis) is 1. The molecule has 0 radical (unpaired) electrons. The van der Waals surface area contributed by atoms with Crippen molar-refractivity contribution in [3.8, 4) is 5.75 Å². The summed E-state index contributed by atoms with van der Waals surface area (Å²) in [6.07, 6.45) is 4.06. The molecule has 176 valence electrons. The summed E-state index contributed by atoms with van der Waals surface area (Å²) in [5.74, 6) is 4.89. The first-order chi connectivity index (χ1) is 14.8. The van der Waals surface area contributed by atoms with Crippen LogP contribution in [0.5, 0.6) is 5.75 Å². The highest BCUT2D eigenvalue weighted by molar-refractivity contribution is 6.34. The lowest BCUT2D eigenvalue weighted by Gasteiger charge is -2.20. The molecule has 1 aromatic carbocycles. The van der Waals surface area contributed by atoms with Gasteiger partial charge in [0.05, 0.1) is 18.0 Å². The number of ether oxygens (including phenoxy) is 2. The van der Waals surface area contributed by atoms with Gasteiger partial charge in [0.25, 0.3) is 5.69 Å². The Morgan fingerprint density at radius 1 is 1.28 bits per heavy atom. The van der Waals surface area contributed by atoms with Crippen LogP contribution in [0.2, 0.25) is 5.02 Å². The van der Waals surface area contributed by atoms with Crippen LogP contribution in [0.1, 0.15) is 31.1 Å². The molecule has 2 amide bonds. The van der Waals surface area contributed by atoms with Gasteiger partial charge in [-0.05, 0) is 32.9 Å². The van der Waals surface area contributed by atoms with Gasteiger partial charge in [0.1, 0.15) is 18.0 Å². The van der Waals surface area contributed by atoms with E-state index < -0.39 is 28.2 Å². The Labute approximate surface area is 190 Å². The van der Waals surface area contributed by atoms with E-state index in [0.29, 0.717) is 5.70 Å². The van der Waals surface area contributed by atoms with Gasteiger partial charge in [-0.1, -0.05) is 17.7 Å². The van der Waals surface area contributed by atoms with Gasteiger partial charge in [-0.2, -0.15) is 0 Å². The molecule has 32 heavy (non-hydrogen) atoms. The first kappa shape index (κ1) is 26.5. The van der Waals surface area contributed by atoms with Crippen molar-refractivity contribution in [2.45, 2.75) is 26.4 Å². The van der Waals surface area contributed by atoms with Crippen LogP contribution in [0, 0.1) is 10.1 Å². The number of primary amides is 1. The molecule has 0 spiro atoms. The van der Waals surface area contributed by atoms with Crippen LogP contribution < -0.4 is 27.4 Å². The maximum absolute atomic E-state index is 11.6. The Kier molecular flexibility index (Phi) is 9.75. The Bertz CT molecular complexity index is 912. The number of benzene rings is 1. The number of carbonyl (C=O) groups excluding carboxylic acids is 2. The Balaban J connectivity index is 2.57. The lowest BCUT2D eigenvalue weighted by molar-refractivity contribution is -0.384. The maximum atomic E-state index is 11.6.